The molecule has 0 amide bonds. The molecule has 0 bridgehead atoms. The fourth-order valence-electron chi connectivity index (χ4n) is 3.26. The van der Waals surface area contributed by atoms with Gasteiger partial charge in [0.1, 0.15) is 11.5 Å². The Morgan fingerprint density at radius 3 is 2.24 bits per heavy atom. The summed E-state index contributed by atoms with van der Waals surface area (Å²) in [4.78, 5) is 12.6. The number of hydrogen-bond acceptors (Lipinski definition) is 3. The Hall–Kier alpha value is -3.90. The second kappa shape index (κ2) is 8.41. The zero-order valence-electron chi connectivity index (χ0n) is 15.8. The number of para-hydroxylation sites is 1. The lowest BCUT2D eigenvalue weighted by Gasteiger charge is -2.07. The molecule has 0 saturated carbocycles. The third-order valence-electron chi connectivity index (χ3n) is 4.83. The molecule has 0 aliphatic heterocycles. The molecule has 0 N–H and O–H groups in total. The van der Waals surface area contributed by atoms with Crippen molar-refractivity contribution >= 4 is 16.6 Å². The van der Waals surface area contributed by atoms with Crippen molar-refractivity contribution in [3.8, 4) is 17.6 Å². The zero-order chi connectivity index (χ0) is 20.1. The summed E-state index contributed by atoms with van der Waals surface area (Å²) < 4.78 is 5.77. The number of fused-ring (bicyclic) bond motifs is 1. The van der Waals surface area contributed by atoms with E-state index in [9.17, 15) is 4.79 Å². The minimum absolute atomic E-state index is 0.108. The predicted octanol–water partition coefficient (Wildman–Crippen LogP) is 6.32. The van der Waals surface area contributed by atoms with Gasteiger partial charge in [0.25, 0.3) is 0 Å². The Morgan fingerprint density at radius 2 is 1.48 bits per heavy atom. The first-order valence-electron chi connectivity index (χ1n) is 9.50. The van der Waals surface area contributed by atoms with Crippen molar-refractivity contribution in [3.05, 3.63) is 108 Å². The first kappa shape index (κ1) is 18.5. The number of hydrogen-bond donors (Lipinski definition) is 0. The molecule has 0 aliphatic carbocycles. The van der Waals surface area contributed by atoms with Gasteiger partial charge in [-0.3, -0.25) is 4.79 Å². The minimum atomic E-state index is 0.108. The van der Waals surface area contributed by atoms with Crippen LogP contribution in [0.3, 0.4) is 0 Å². The van der Waals surface area contributed by atoms with Gasteiger partial charge in [0.2, 0.25) is 0 Å². The standard InChI is InChI=1S/C26H19NO2/c27-18-20-7-10-22-16-19(6-9-23(22)17-20)8-15-26(28)21-11-13-25(14-12-21)29-24-4-2-1-3-5-24/h1-7,9-14,16-17H,8,15H2. The van der Waals surface area contributed by atoms with E-state index in [1.165, 1.54) is 0 Å². The van der Waals surface area contributed by atoms with E-state index in [2.05, 4.69) is 12.1 Å². The van der Waals surface area contributed by atoms with Crippen molar-refractivity contribution in [2.45, 2.75) is 12.8 Å². The van der Waals surface area contributed by atoms with Crippen LogP contribution in [-0.2, 0) is 6.42 Å². The molecule has 4 rings (SSSR count). The van der Waals surface area contributed by atoms with E-state index in [1.54, 1.807) is 0 Å². The van der Waals surface area contributed by atoms with Crippen molar-refractivity contribution in [1.29, 1.82) is 5.26 Å². The Morgan fingerprint density at radius 1 is 0.793 bits per heavy atom. The number of nitrogens with zero attached hydrogens (tertiary/aromatic N) is 1. The van der Waals surface area contributed by atoms with Crippen LogP contribution in [0, 0.1) is 11.3 Å². The van der Waals surface area contributed by atoms with E-state index in [0.29, 0.717) is 29.7 Å². The highest BCUT2D eigenvalue weighted by atomic mass is 16.5. The number of carbonyl (C=O) groups is 1. The van der Waals surface area contributed by atoms with E-state index in [0.717, 1.165) is 22.1 Å². The van der Waals surface area contributed by atoms with Gasteiger partial charge in [-0.2, -0.15) is 5.26 Å². The number of ketones is 1. The largest absolute Gasteiger partial charge is 0.457 e. The summed E-state index contributed by atoms with van der Waals surface area (Å²) in [6.07, 6.45) is 1.12. The van der Waals surface area contributed by atoms with E-state index in [4.69, 9.17) is 10.00 Å². The fourth-order valence-corrected chi connectivity index (χ4v) is 3.26. The normalized spacial score (nSPS) is 10.4. The van der Waals surface area contributed by atoms with Gasteiger partial charge >= 0.3 is 0 Å². The van der Waals surface area contributed by atoms with Crippen molar-refractivity contribution in [2.24, 2.45) is 0 Å². The maximum atomic E-state index is 12.6. The van der Waals surface area contributed by atoms with E-state index in [1.807, 2.05) is 84.9 Å². The van der Waals surface area contributed by atoms with Gasteiger partial charge in [0.05, 0.1) is 11.6 Å². The van der Waals surface area contributed by atoms with Gasteiger partial charge in [-0.25, -0.2) is 0 Å². The maximum absolute atomic E-state index is 12.6. The van der Waals surface area contributed by atoms with Crippen LogP contribution in [0.25, 0.3) is 10.8 Å². The summed E-state index contributed by atoms with van der Waals surface area (Å²) in [6.45, 7) is 0. The number of benzene rings is 4. The van der Waals surface area contributed by atoms with Gasteiger partial charge in [0, 0.05) is 12.0 Å². The van der Waals surface area contributed by atoms with Gasteiger partial charge in [-0.05, 0) is 71.3 Å². The van der Waals surface area contributed by atoms with E-state index >= 15 is 0 Å². The Labute approximate surface area is 169 Å². The second-order valence-electron chi connectivity index (χ2n) is 6.87. The molecule has 0 aromatic heterocycles. The number of carbonyl (C=O) groups excluding carboxylic acids is 1. The molecule has 0 spiro atoms. The number of ether oxygens (including phenoxy) is 1. The van der Waals surface area contributed by atoms with Crippen LogP contribution < -0.4 is 4.74 Å². The summed E-state index contributed by atoms with van der Waals surface area (Å²) in [5.41, 5.74) is 2.45. The number of aryl methyl sites for hydroxylation is 1. The molecule has 29 heavy (non-hydrogen) atoms. The molecular weight excluding hydrogens is 358 g/mol. The lowest BCUT2D eigenvalue weighted by atomic mass is 9.99. The quantitative estimate of drug-likeness (QED) is 0.369. The summed E-state index contributed by atoms with van der Waals surface area (Å²) >= 11 is 0. The Balaban J connectivity index is 1.39. The third kappa shape index (κ3) is 4.51. The SMILES string of the molecule is N#Cc1ccc2cc(CCC(=O)c3ccc(Oc4ccccc4)cc3)ccc2c1. The first-order chi connectivity index (χ1) is 14.2. The molecule has 140 valence electrons. The molecule has 0 fully saturated rings. The topological polar surface area (TPSA) is 50.1 Å². The summed E-state index contributed by atoms with van der Waals surface area (Å²) in [5.74, 6) is 1.58. The van der Waals surface area contributed by atoms with Crippen molar-refractivity contribution in [1.82, 2.24) is 0 Å². The average Bonchev–Trinajstić information content (AvgIpc) is 2.78. The van der Waals surface area contributed by atoms with Crippen LogP contribution in [0.1, 0.15) is 27.9 Å². The van der Waals surface area contributed by atoms with Crippen molar-refractivity contribution < 1.29 is 9.53 Å². The highest BCUT2D eigenvalue weighted by Crippen LogP contribution is 2.22. The van der Waals surface area contributed by atoms with Crippen LogP contribution in [-0.4, -0.2) is 5.78 Å². The predicted molar refractivity (Wildman–Crippen MR) is 114 cm³/mol. The molecule has 0 aliphatic rings. The summed E-state index contributed by atoms with van der Waals surface area (Å²) in [5, 5.41) is 11.1. The molecule has 3 nitrogen and oxygen atoms in total. The minimum Gasteiger partial charge on any atom is -0.457 e. The maximum Gasteiger partial charge on any atom is 0.163 e. The molecule has 4 aromatic carbocycles. The third-order valence-corrected chi connectivity index (χ3v) is 4.83. The Kier molecular flexibility index (Phi) is 5.36. The average molecular weight is 377 g/mol. The molecule has 0 saturated heterocycles. The highest BCUT2D eigenvalue weighted by Gasteiger charge is 2.08. The molecule has 0 radical (unpaired) electrons. The van der Waals surface area contributed by atoms with Crippen molar-refractivity contribution in [3.63, 3.8) is 0 Å². The van der Waals surface area contributed by atoms with Gasteiger partial charge in [0.15, 0.2) is 5.78 Å². The van der Waals surface area contributed by atoms with Crippen LogP contribution in [0.4, 0.5) is 0 Å². The van der Waals surface area contributed by atoms with Crippen LogP contribution in [0.5, 0.6) is 11.5 Å². The number of nitriles is 1. The lowest BCUT2D eigenvalue weighted by Crippen LogP contribution is -2.01. The molecule has 0 heterocycles. The van der Waals surface area contributed by atoms with Crippen LogP contribution in [0.2, 0.25) is 0 Å². The smallest absolute Gasteiger partial charge is 0.163 e. The summed E-state index contributed by atoms with van der Waals surface area (Å²) in [6, 6.07) is 30.7. The monoisotopic (exact) mass is 377 g/mol. The lowest BCUT2D eigenvalue weighted by molar-refractivity contribution is 0.0983. The number of rotatable bonds is 6. The summed E-state index contributed by atoms with van der Waals surface area (Å²) in [7, 11) is 0. The fraction of sp³-hybridized carbons (Fsp3) is 0.0769. The molecule has 0 atom stereocenters. The first-order valence-corrected chi connectivity index (χ1v) is 9.50. The number of Topliss-reactive ketones (excluding diaryl/α,β-unsaturated/α-hetero) is 1. The molecule has 3 heteroatoms. The zero-order valence-corrected chi connectivity index (χ0v) is 15.8. The van der Waals surface area contributed by atoms with Gasteiger partial charge < -0.3 is 4.74 Å². The molecular formula is C26H19NO2. The highest BCUT2D eigenvalue weighted by molar-refractivity contribution is 5.96. The van der Waals surface area contributed by atoms with Crippen LogP contribution >= 0.6 is 0 Å². The molecule has 4 aromatic rings. The second-order valence-corrected chi connectivity index (χ2v) is 6.87. The van der Waals surface area contributed by atoms with Crippen molar-refractivity contribution in [2.75, 3.05) is 0 Å². The van der Waals surface area contributed by atoms with Gasteiger partial charge in [-0.1, -0.05) is 42.5 Å². The van der Waals surface area contributed by atoms with Gasteiger partial charge in [-0.15, -0.1) is 0 Å². The van der Waals surface area contributed by atoms with E-state index in [-0.39, 0.29) is 5.78 Å². The Bertz CT molecular complexity index is 1190. The molecule has 0 unspecified atom stereocenters. The van der Waals surface area contributed by atoms with Crippen LogP contribution in [0.15, 0.2) is 91.0 Å². The van der Waals surface area contributed by atoms with E-state index < -0.39 is 0 Å².